The minimum atomic E-state index is -0.424. The normalized spacial score (nSPS) is 17.2. The molecule has 1 aliphatic carbocycles. The van der Waals surface area contributed by atoms with Gasteiger partial charge in [0.2, 0.25) is 11.8 Å². The number of hydrogen-bond donors (Lipinski definition) is 2. The summed E-state index contributed by atoms with van der Waals surface area (Å²) in [5, 5.41) is 5.66. The van der Waals surface area contributed by atoms with Crippen LogP contribution >= 0.6 is 0 Å². The molecule has 2 aliphatic rings. The van der Waals surface area contributed by atoms with Crippen LogP contribution in [-0.2, 0) is 10.2 Å². The number of likely N-dealkylation sites (N-methyl/N-ethyl adjacent to an activating group) is 1. The van der Waals surface area contributed by atoms with E-state index in [1.54, 1.807) is 13.1 Å². The van der Waals surface area contributed by atoms with Crippen molar-refractivity contribution in [1.82, 2.24) is 15.3 Å². The molecule has 4 rings (SSSR count). The van der Waals surface area contributed by atoms with Crippen LogP contribution in [-0.4, -0.2) is 35.6 Å². The lowest BCUT2D eigenvalue weighted by atomic mass is 9.95. The van der Waals surface area contributed by atoms with Crippen LogP contribution in [0.15, 0.2) is 36.7 Å². The Kier molecular flexibility index (Phi) is 4.77. The molecular weight excluding hydrogens is 356 g/mol. The molecule has 1 aliphatic heterocycles. The Labute approximate surface area is 164 Å². The Morgan fingerprint density at radius 1 is 1.32 bits per heavy atom. The smallest absolute Gasteiger partial charge is 0.246 e. The molecule has 1 fully saturated rings. The zero-order valence-corrected chi connectivity index (χ0v) is 16.3. The van der Waals surface area contributed by atoms with Gasteiger partial charge >= 0.3 is 0 Å². The summed E-state index contributed by atoms with van der Waals surface area (Å²) in [6.45, 7) is 4.63. The Hall–Kier alpha value is -2.93. The SMILES string of the molecule is C/C=C/C(NC)C(=O)Nc1cnc(Oc2ccc(C)c3c2C2(CC2)CO3)cn1. The van der Waals surface area contributed by atoms with Crippen LogP contribution in [0.1, 0.15) is 30.9 Å². The first-order valence-corrected chi connectivity index (χ1v) is 9.44. The van der Waals surface area contributed by atoms with Crippen molar-refractivity contribution in [2.75, 3.05) is 19.0 Å². The molecule has 28 heavy (non-hydrogen) atoms. The molecule has 2 heterocycles. The Morgan fingerprint density at radius 3 is 2.79 bits per heavy atom. The summed E-state index contributed by atoms with van der Waals surface area (Å²) in [6, 6.07) is 3.54. The highest BCUT2D eigenvalue weighted by atomic mass is 16.5. The fraction of sp³-hybridized carbons (Fsp3) is 0.381. The second kappa shape index (κ2) is 7.24. The number of aromatic nitrogens is 2. The van der Waals surface area contributed by atoms with E-state index in [9.17, 15) is 4.79 Å². The van der Waals surface area contributed by atoms with Crippen LogP contribution in [0.25, 0.3) is 0 Å². The first-order chi connectivity index (χ1) is 13.6. The lowest BCUT2D eigenvalue weighted by Crippen LogP contribution is -2.36. The molecule has 1 aromatic carbocycles. The maximum absolute atomic E-state index is 12.2. The average molecular weight is 380 g/mol. The molecular formula is C21H24N4O3. The average Bonchev–Trinajstić information content (AvgIpc) is 3.37. The van der Waals surface area contributed by atoms with Crippen LogP contribution in [0.4, 0.5) is 5.82 Å². The van der Waals surface area contributed by atoms with Crippen molar-refractivity contribution in [1.29, 1.82) is 0 Å². The topological polar surface area (TPSA) is 85.4 Å². The van der Waals surface area contributed by atoms with Crippen molar-refractivity contribution in [2.45, 2.75) is 38.1 Å². The van der Waals surface area contributed by atoms with E-state index in [4.69, 9.17) is 9.47 Å². The molecule has 2 aromatic rings. The number of carbonyl (C=O) groups excluding carboxylic acids is 1. The van der Waals surface area contributed by atoms with Gasteiger partial charge in [0, 0.05) is 11.0 Å². The lowest BCUT2D eigenvalue weighted by molar-refractivity contribution is -0.117. The molecule has 1 spiro atoms. The first-order valence-electron chi connectivity index (χ1n) is 9.44. The summed E-state index contributed by atoms with van der Waals surface area (Å²) < 4.78 is 12.0. The van der Waals surface area contributed by atoms with Gasteiger partial charge in [-0.15, -0.1) is 0 Å². The number of benzene rings is 1. The molecule has 1 unspecified atom stereocenters. The number of fused-ring (bicyclic) bond motifs is 2. The zero-order chi connectivity index (χ0) is 19.7. The third-order valence-electron chi connectivity index (χ3n) is 5.27. The minimum absolute atomic E-state index is 0.104. The van der Waals surface area contributed by atoms with E-state index in [-0.39, 0.29) is 11.3 Å². The number of rotatable bonds is 6. The quantitative estimate of drug-likeness (QED) is 0.749. The van der Waals surface area contributed by atoms with Gasteiger partial charge in [-0.25, -0.2) is 9.97 Å². The molecule has 1 atom stereocenters. The van der Waals surface area contributed by atoms with Crippen LogP contribution in [0.2, 0.25) is 0 Å². The van der Waals surface area contributed by atoms with E-state index in [0.717, 1.165) is 42.1 Å². The molecule has 1 aromatic heterocycles. The van der Waals surface area contributed by atoms with Gasteiger partial charge in [-0.05, 0) is 45.4 Å². The summed E-state index contributed by atoms with van der Waals surface area (Å²) in [7, 11) is 1.73. The molecule has 1 saturated carbocycles. The Balaban J connectivity index is 1.49. The molecule has 7 nitrogen and oxygen atoms in total. The molecule has 2 N–H and O–H groups in total. The largest absolute Gasteiger partial charge is 0.492 e. The van der Waals surface area contributed by atoms with E-state index in [1.165, 1.54) is 12.4 Å². The number of nitrogens with one attached hydrogen (secondary N) is 2. The highest BCUT2D eigenvalue weighted by Crippen LogP contribution is 2.59. The predicted octanol–water partition coefficient (Wildman–Crippen LogP) is 3.10. The lowest BCUT2D eigenvalue weighted by Gasteiger charge is -2.14. The summed E-state index contributed by atoms with van der Waals surface area (Å²) in [4.78, 5) is 20.8. The Bertz CT molecular complexity index is 920. The van der Waals surface area contributed by atoms with E-state index in [0.29, 0.717) is 11.7 Å². The molecule has 0 bridgehead atoms. The van der Waals surface area contributed by atoms with Gasteiger partial charge in [-0.2, -0.15) is 0 Å². The second-order valence-corrected chi connectivity index (χ2v) is 7.28. The standard InChI is InChI=1S/C21H24N4O3/c1-4-5-14(22-3)20(26)25-16-10-24-17(11-23-16)28-15-7-6-13(2)19-18(15)21(8-9-21)12-27-19/h4-7,10-11,14,22H,8-9,12H2,1-3H3,(H,23,25,26)/b5-4+. The van der Waals surface area contributed by atoms with Crippen molar-refractivity contribution in [3.05, 3.63) is 47.8 Å². The third kappa shape index (κ3) is 3.33. The highest BCUT2D eigenvalue weighted by molar-refractivity contribution is 5.95. The van der Waals surface area contributed by atoms with Crippen molar-refractivity contribution >= 4 is 11.7 Å². The zero-order valence-electron chi connectivity index (χ0n) is 16.3. The number of allylic oxidation sites excluding steroid dienone is 1. The minimum Gasteiger partial charge on any atom is -0.492 e. The molecule has 0 saturated heterocycles. The van der Waals surface area contributed by atoms with E-state index in [1.807, 2.05) is 32.1 Å². The van der Waals surface area contributed by atoms with Crippen LogP contribution in [0.5, 0.6) is 17.4 Å². The van der Waals surface area contributed by atoms with Crippen molar-refractivity contribution in [3.63, 3.8) is 0 Å². The highest BCUT2D eigenvalue weighted by Gasteiger charge is 2.53. The number of carbonyl (C=O) groups is 1. The molecule has 1 amide bonds. The molecule has 7 heteroatoms. The fourth-order valence-corrected chi connectivity index (χ4v) is 3.53. The maximum atomic E-state index is 12.2. The second-order valence-electron chi connectivity index (χ2n) is 7.28. The monoisotopic (exact) mass is 380 g/mol. The van der Waals surface area contributed by atoms with Crippen molar-refractivity contribution in [2.24, 2.45) is 0 Å². The predicted molar refractivity (Wildman–Crippen MR) is 106 cm³/mol. The number of anilines is 1. The van der Waals surface area contributed by atoms with Gasteiger partial charge in [0.25, 0.3) is 0 Å². The van der Waals surface area contributed by atoms with Crippen molar-refractivity contribution < 1.29 is 14.3 Å². The van der Waals surface area contributed by atoms with Gasteiger partial charge in [0.15, 0.2) is 5.82 Å². The van der Waals surface area contributed by atoms with Crippen LogP contribution in [0.3, 0.4) is 0 Å². The summed E-state index contributed by atoms with van der Waals surface area (Å²) in [5.41, 5.74) is 2.37. The number of nitrogens with zero attached hydrogens (tertiary/aromatic N) is 2. The van der Waals surface area contributed by atoms with Gasteiger partial charge in [0.1, 0.15) is 17.5 Å². The maximum Gasteiger partial charge on any atom is 0.246 e. The molecule has 0 radical (unpaired) electrons. The van der Waals surface area contributed by atoms with E-state index < -0.39 is 6.04 Å². The number of ether oxygens (including phenoxy) is 2. The summed E-state index contributed by atoms with van der Waals surface area (Å²) in [5.74, 6) is 2.26. The fourth-order valence-electron chi connectivity index (χ4n) is 3.53. The van der Waals surface area contributed by atoms with Crippen LogP contribution < -0.4 is 20.1 Å². The number of aryl methyl sites for hydroxylation is 1. The van der Waals surface area contributed by atoms with Crippen molar-refractivity contribution in [3.8, 4) is 17.4 Å². The van der Waals surface area contributed by atoms with Crippen LogP contribution in [0, 0.1) is 6.92 Å². The Morgan fingerprint density at radius 2 is 2.14 bits per heavy atom. The summed E-state index contributed by atoms with van der Waals surface area (Å²) >= 11 is 0. The van der Waals surface area contributed by atoms with Gasteiger partial charge in [-0.1, -0.05) is 18.2 Å². The summed E-state index contributed by atoms with van der Waals surface area (Å²) in [6.07, 6.45) is 8.84. The van der Waals surface area contributed by atoms with E-state index in [2.05, 4.69) is 20.6 Å². The first kappa shape index (κ1) is 18.4. The van der Waals surface area contributed by atoms with Gasteiger partial charge in [0.05, 0.1) is 19.0 Å². The van der Waals surface area contributed by atoms with Gasteiger partial charge in [-0.3, -0.25) is 4.79 Å². The number of hydrogen-bond acceptors (Lipinski definition) is 6. The molecule has 146 valence electrons. The third-order valence-corrected chi connectivity index (χ3v) is 5.27. The number of amides is 1. The van der Waals surface area contributed by atoms with Gasteiger partial charge < -0.3 is 20.1 Å². The van der Waals surface area contributed by atoms with E-state index >= 15 is 0 Å².